The second kappa shape index (κ2) is 18.0. The quantitative estimate of drug-likeness (QED) is 0.166. The average molecular weight is 970 g/mol. The van der Waals surface area contributed by atoms with Crippen LogP contribution >= 0.6 is 0 Å². The van der Waals surface area contributed by atoms with Gasteiger partial charge in [-0.25, -0.2) is 0 Å². The van der Waals surface area contributed by atoms with E-state index >= 15 is 0 Å². The molecule has 7 heteroatoms. The first-order valence-corrected chi connectivity index (χ1v) is 26.5. The molecule has 2 saturated heterocycles. The number of benzene rings is 9. The maximum absolute atomic E-state index is 9.34. The van der Waals surface area contributed by atoms with Crippen molar-refractivity contribution in [2.75, 3.05) is 22.9 Å². The van der Waals surface area contributed by atoms with E-state index in [0.29, 0.717) is 23.0 Å². The number of aryl methyl sites for hydroxylation is 2. The van der Waals surface area contributed by atoms with Crippen LogP contribution in [0.3, 0.4) is 0 Å². The molecule has 0 radical (unpaired) electrons. The fourth-order valence-corrected chi connectivity index (χ4v) is 13.6. The maximum Gasteiger partial charge on any atom is 0.0991 e. The Hall–Kier alpha value is -8.72. The fraction of sp³-hybridized carbons (Fsp3) is 0.176. The number of hydrogen-bond donors (Lipinski definition) is 2. The van der Waals surface area contributed by atoms with Crippen LogP contribution in [0.15, 0.2) is 200 Å². The summed E-state index contributed by atoms with van der Waals surface area (Å²) >= 11 is 0. The molecule has 10 aromatic rings. The van der Waals surface area contributed by atoms with Gasteiger partial charge in [0.15, 0.2) is 0 Å². The van der Waals surface area contributed by atoms with E-state index in [4.69, 9.17) is 0 Å². The molecular weight excluding hydrogens is 915 g/mol. The third-order valence-corrected chi connectivity index (χ3v) is 17.1. The zero-order valence-corrected chi connectivity index (χ0v) is 42.1. The lowest BCUT2D eigenvalue weighted by atomic mass is 9.82. The summed E-state index contributed by atoms with van der Waals surface area (Å²) in [5.41, 5.74) is 22.7. The van der Waals surface area contributed by atoms with Crippen molar-refractivity contribution < 1.29 is 0 Å². The number of nitrogens with one attached hydrogen (secondary N) is 2. The van der Waals surface area contributed by atoms with E-state index < -0.39 is 0 Å². The molecule has 9 aromatic carbocycles. The molecule has 2 fully saturated rings. The van der Waals surface area contributed by atoms with Crippen molar-refractivity contribution >= 4 is 44.6 Å². The van der Waals surface area contributed by atoms with Gasteiger partial charge in [0.1, 0.15) is 0 Å². The Morgan fingerprint density at radius 1 is 0.427 bits per heavy atom. The van der Waals surface area contributed by atoms with Gasteiger partial charge in [0, 0.05) is 76.2 Å². The number of rotatable bonds is 7. The van der Waals surface area contributed by atoms with Crippen molar-refractivity contribution in [1.82, 2.24) is 15.2 Å². The predicted octanol–water partition coefficient (Wildman–Crippen LogP) is 15.2. The van der Waals surface area contributed by atoms with E-state index in [2.05, 4.69) is 203 Å². The fourth-order valence-electron chi connectivity index (χ4n) is 13.6. The first-order valence-electron chi connectivity index (χ1n) is 26.5. The Labute approximate surface area is 438 Å². The molecule has 7 nitrogen and oxygen atoms in total. The van der Waals surface area contributed by atoms with E-state index in [1.807, 2.05) is 48.5 Å². The lowest BCUT2D eigenvalue weighted by molar-refractivity contribution is 0.343. The molecule has 4 aliphatic rings. The van der Waals surface area contributed by atoms with Gasteiger partial charge in [0.2, 0.25) is 0 Å². The summed E-state index contributed by atoms with van der Waals surface area (Å²) in [5, 5.41) is 29.5. The van der Waals surface area contributed by atoms with Gasteiger partial charge in [-0.3, -0.25) is 0 Å². The molecule has 362 valence electrons. The summed E-state index contributed by atoms with van der Waals surface area (Å²) < 4.78 is 2.52. The smallest absolute Gasteiger partial charge is 0.0991 e. The van der Waals surface area contributed by atoms with Crippen LogP contribution < -0.4 is 20.4 Å². The molecule has 1 aromatic heterocycles. The van der Waals surface area contributed by atoms with E-state index in [0.717, 1.165) is 48.2 Å². The standard InChI is InChI=1S/C68H55N7/c1-42-32-50(61-36-57-55-12-6-8-14-63(55)73(65(57)40-71-61)53-28-24-48(25-29-53)46-20-16-44(38-69)17-21-46)34-59-60-35-51(33-43(2)68(60)75(67(42)59)52-10-4-3-5-11-52)62-37-58-56-13-7-9-15-64(56)74(66(58)41-72-62)54-30-26-49(27-31-54)47-22-18-45(39-70)19-23-47/h3-35,57-58,61-62,65-66,71-72H,36-37,40-41H2,1-2H3. The summed E-state index contributed by atoms with van der Waals surface area (Å²) in [6, 6.07) is 78.0. The molecule has 0 bridgehead atoms. The topological polar surface area (TPSA) is 83.1 Å². The number of nitrogens with zero attached hydrogens (tertiary/aromatic N) is 5. The van der Waals surface area contributed by atoms with Crippen molar-refractivity contribution in [3.63, 3.8) is 0 Å². The molecule has 0 amide bonds. The summed E-state index contributed by atoms with van der Waals surface area (Å²) in [7, 11) is 0. The highest BCUT2D eigenvalue weighted by atomic mass is 15.2. The lowest BCUT2D eigenvalue weighted by Gasteiger charge is -2.38. The largest absolute Gasteiger partial charge is 0.336 e. The third-order valence-electron chi connectivity index (χ3n) is 17.1. The van der Waals surface area contributed by atoms with Gasteiger partial charge in [-0.15, -0.1) is 0 Å². The van der Waals surface area contributed by atoms with Crippen LogP contribution in [0.1, 0.15) is 81.3 Å². The monoisotopic (exact) mass is 969 g/mol. The van der Waals surface area contributed by atoms with Gasteiger partial charge in [0.25, 0.3) is 0 Å². The Bertz CT molecular complexity index is 3680. The number of fused-ring (bicyclic) bond motifs is 9. The maximum atomic E-state index is 9.34. The second-order valence-corrected chi connectivity index (χ2v) is 21.2. The zero-order chi connectivity index (χ0) is 50.3. The van der Waals surface area contributed by atoms with Crippen molar-refractivity contribution in [3.05, 3.63) is 245 Å². The van der Waals surface area contributed by atoms with E-state index in [1.165, 1.54) is 83.6 Å². The highest BCUT2D eigenvalue weighted by molar-refractivity contribution is 6.12. The normalized spacial score (nSPS) is 20.5. The van der Waals surface area contributed by atoms with Gasteiger partial charge in [-0.1, -0.05) is 115 Å². The molecule has 0 spiro atoms. The highest BCUT2D eigenvalue weighted by Gasteiger charge is 2.45. The molecule has 75 heavy (non-hydrogen) atoms. The minimum Gasteiger partial charge on any atom is -0.336 e. The summed E-state index contributed by atoms with van der Waals surface area (Å²) in [6.45, 7) is 6.36. The van der Waals surface area contributed by atoms with Gasteiger partial charge in [-0.2, -0.15) is 10.5 Å². The van der Waals surface area contributed by atoms with Crippen LogP contribution in [-0.2, 0) is 0 Å². The SMILES string of the molecule is Cc1cc(C2CC3c4ccccc4N(c4ccc(-c5ccc(C#N)cc5)cc4)C3CN2)cc2c3cc(C4CC5c6ccccc6N(c6ccc(-c7ccc(C#N)cc7)cc6)C5CN4)cc(C)c3n(-c3ccccc3)c12. The first kappa shape index (κ1) is 44.9. The number of piperidine rings is 2. The van der Waals surface area contributed by atoms with Crippen LogP contribution in [0, 0.1) is 36.5 Å². The van der Waals surface area contributed by atoms with Crippen molar-refractivity contribution in [1.29, 1.82) is 10.5 Å². The number of aromatic nitrogens is 1. The van der Waals surface area contributed by atoms with E-state index in [-0.39, 0.29) is 24.2 Å². The Kier molecular flexibility index (Phi) is 10.8. The number of nitriles is 2. The zero-order valence-electron chi connectivity index (χ0n) is 42.1. The van der Waals surface area contributed by atoms with Crippen LogP contribution in [0.25, 0.3) is 49.7 Å². The minimum absolute atomic E-state index is 0.190. The molecule has 6 unspecified atom stereocenters. The predicted molar refractivity (Wildman–Crippen MR) is 304 cm³/mol. The summed E-state index contributed by atoms with van der Waals surface area (Å²) in [4.78, 5) is 5.14. The molecule has 0 aliphatic carbocycles. The molecule has 0 saturated carbocycles. The molecule has 2 N–H and O–H groups in total. The molecular formula is C68H55N7. The summed E-state index contributed by atoms with van der Waals surface area (Å²) in [5.74, 6) is 0.736. The van der Waals surface area contributed by atoms with E-state index in [1.54, 1.807) is 0 Å². The molecule has 4 aliphatic heterocycles. The average Bonchev–Trinajstić information content (AvgIpc) is 4.18. The van der Waals surface area contributed by atoms with Gasteiger partial charge >= 0.3 is 0 Å². The number of hydrogen-bond acceptors (Lipinski definition) is 6. The Morgan fingerprint density at radius 3 is 1.23 bits per heavy atom. The second-order valence-electron chi connectivity index (χ2n) is 21.2. The van der Waals surface area contributed by atoms with Gasteiger partial charge in [-0.05, 0) is 167 Å². The van der Waals surface area contributed by atoms with Crippen LogP contribution in [0.5, 0.6) is 0 Å². The minimum atomic E-state index is 0.190. The third kappa shape index (κ3) is 7.45. The van der Waals surface area contributed by atoms with E-state index in [9.17, 15) is 10.5 Å². The van der Waals surface area contributed by atoms with Crippen molar-refractivity contribution in [2.45, 2.75) is 62.7 Å². The molecule has 6 atom stereocenters. The lowest BCUT2D eigenvalue weighted by Crippen LogP contribution is -2.46. The number of para-hydroxylation sites is 3. The number of anilines is 4. The highest BCUT2D eigenvalue weighted by Crippen LogP contribution is 2.53. The first-order chi connectivity index (χ1) is 36.9. The summed E-state index contributed by atoms with van der Waals surface area (Å²) in [6.07, 6.45) is 2.00. The Morgan fingerprint density at radius 2 is 0.813 bits per heavy atom. The van der Waals surface area contributed by atoms with Gasteiger partial charge < -0.3 is 25.0 Å². The van der Waals surface area contributed by atoms with Crippen LogP contribution in [0.4, 0.5) is 22.7 Å². The molecule has 14 rings (SSSR count). The Balaban J connectivity index is 0.787. The van der Waals surface area contributed by atoms with Crippen molar-refractivity contribution in [2.24, 2.45) is 0 Å². The van der Waals surface area contributed by atoms with Crippen molar-refractivity contribution in [3.8, 4) is 40.1 Å². The van der Waals surface area contributed by atoms with Crippen LogP contribution in [0.2, 0.25) is 0 Å². The molecule has 5 heterocycles. The van der Waals surface area contributed by atoms with Crippen LogP contribution in [-0.4, -0.2) is 29.7 Å². The van der Waals surface area contributed by atoms with Gasteiger partial charge in [0.05, 0.1) is 46.4 Å².